The van der Waals surface area contributed by atoms with Gasteiger partial charge in [-0.3, -0.25) is 19.8 Å². The van der Waals surface area contributed by atoms with Gasteiger partial charge in [-0.2, -0.15) is 0 Å². The molecule has 0 N–H and O–H groups in total. The minimum atomic E-state index is -0.639. The molecule has 1 aliphatic heterocycles. The van der Waals surface area contributed by atoms with Crippen LogP contribution in [0.2, 0.25) is 0 Å². The van der Waals surface area contributed by atoms with E-state index < -0.39 is 4.92 Å². The second-order valence-electron chi connectivity index (χ2n) is 4.65. The second kappa shape index (κ2) is 6.46. The number of nitro groups is 1. The summed E-state index contributed by atoms with van der Waals surface area (Å²) in [5.41, 5.74) is 0.618. The first-order valence-electron chi connectivity index (χ1n) is 6.66. The summed E-state index contributed by atoms with van der Waals surface area (Å²) < 4.78 is 10.5. The maximum Gasteiger partial charge on any atom is 0.433 e. The minimum absolute atomic E-state index is 0.219. The summed E-state index contributed by atoms with van der Waals surface area (Å²) in [7, 11) is 1.56. The number of carbonyl (C=O) groups is 1. The molecule has 122 valence electrons. The van der Waals surface area contributed by atoms with Crippen molar-refractivity contribution in [3.8, 4) is 5.75 Å². The molecule has 0 spiro atoms. The number of benzene rings is 1. The Bertz CT molecular complexity index is 857. The van der Waals surface area contributed by atoms with Crippen molar-refractivity contribution in [1.29, 1.82) is 0 Å². The first-order chi connectivity index (χ1) is 11.5. The summed E-state index contributed by atoms with van der Waals surface area (Å²) in [6.45, 7) is 0. The van der Waals surface area contributed by atoms with Crippen LogP contribution in [0.4, 0.5) is 11.6 Å². The molecule has 2 heterocycles. The fraction of sp³-hybridized carbons (Fsp3) is 0.0667. The fourth-order valence-corrected chi connectivity index (χ4v) is 3.35. The number of carbonyl (C=O) groups excluding carboxylic acids is 1. The summed E-state index contributed by atoms with van der Waals surface area (Å²) in [5, 5.41) is 10.6. The number of furan rings is 1. The predicted octanol–water partition coefficient (Wildman–Crippen LogP) is 3.60. The Kier molecular flexibility index (Phi) is 4.36. The lowest BCUT2D eigenvalue weighted by atomic mass is 10.2. The van der Waals surface area contributed by atoms with Crippen LogP contribution in [0.5, 0.6) is 5.75 Å². The average molecular weight is 362 g/mol. The van der Waals surface area contributed by atoms with Crippen molar-refractivity contribution in [2.45, 2.75) is 0 Å². The fourth-order valence-electron chi connectivity index (χ4n) is 2.07. The molecular weight excluding hydrogens is 352 g/mol. The zero-order valence-corrected chi connectivity index (χ0v) is 13.9. The Labute approximate surface area is 146 Å². The molecule has 0 unspecified atom stereocenters. The summed E-state index contributed by atoms with van der Waals surface area (Å²) in [6, 6.07) is 9.57. The summed E-state index contributed by atoms with van der Waals surface area (Å²) in [5.74, 6) is 0.195. The molecule has 1 aliphatic rings. The van der Waals surface area contributed by atoms with Gasteiger partial charge in [0.2, 0.25) is 0 Å². The predicted molar refractivity (Wildman–Crippen MR) is 94.0 cm³/mol. The van der Waals surface area contributed by atoms with E-state index in [1.54, 1.807) is 31.4 Å². The van der Waals surface area contributed by atoms with Gasteiger partial charge in [0.05, 0.1) is 23.8 Å². The smallest absolute Gasteiger partial charge is 0.433 e. The molecule has 1 aromatic heterocycles. The van der Waals surface area contributed by atoms with Gasteiger partial charge in [0.1, 0.15) is 16.4 Å². The van der Waals surface area contributed by atoms with Crippen molar-refractivity contribution < 1.29 is 18.9 Å². The number of anilines is 1. The number of thiocarbonyl (C=S) groups is 1. The zero-order valence-electron chi connectivity index (χ0n) is 12.3. The van der Waals surface area contributed by atoms with Gasteiger partial charge >= 0.3 is 5.88 Å². The number of methoxy groups -OCH3 is 1. The van der Waals surface area contributed by atoms with Gasteiger partial charge < -0.3 is 9.15 Å². The van der Waals surface area contributed by atoms with Gasteiger partial charge in [-0.25, -0.2) is 0 Å². The summed E-state index contributed by atoms with van der Waals surface area (Å²) >= 11 is 6.36. The maximum absolute atomic E-state index is 12.6. The van der Waals surface area contributed by atoms with Crippen molar-refractivity contribution in [2.24, 2.45) is 0 Å². The highest BCUT2D eigenvalue weighted by Gasteiger charge is 2.33. The van der Waals surface area contributed by atoms with Crippen LogP contribution in [-0.4, -0.2) is 22.3 Å². The van der Waals surface area contributed by atoms with Crippen molar-refractivity contribution in [3.05, 3.63) is 57.2 Å². The molecule has 0 bridgehead atoms. The first kappa shape index (κ1) is 16.2. The van der Waals surface area contributed by atoms with E-state index in [9.17, 15) is 14.9 Å². The van der Waals surface area contributed by atoms with Gasteiger partial charge in [-0.05, 0) is 30.3 Å². The number of amides is 1. The summed E-state index contributed by atoms with van der Waals surface area (Å²) in [6.07, 6.45) is 1.44. The van der Waals surface area contributed by atoms with Gasteiger partial charge in [0.15, 0.2) is 4.32 Å². The topological polar surface area (TPSA) is 85.8 Å². The third-order valence-electron chi connectivity index (χ3n) is 3.19. The largest absolute Gasteiger partial charge is 0.497 e. The highest BCUT2D eigenvalue weighted by atomic mass is 32.2. The molecular formula is C15H10N2O5S2. The van der Waals surface area contributed by atoms with Crippen LogP contribution in [-0.2, 0) is 4.79 Å². The molecule has 0 saturated carbocycles. The van der Waals surface area contributed by atoms with Crippen LogP contribution < -0.4 is 9.64 Å². The van der Waals surface area contributed by atoms with Crippen LogP contribution in [0.3, 0.4) is 0 Å². The lowest BCUT2D eigenvalue weighted by Crippen LogP contribution is -2.27. The minimum Gasteiger partial charge on any atom is -0.497 e. The van der Waals surface area contributed by atoms with Crippen LogP contribution in [0, 0.1) is 10.1 Å². The highest BCUT2D eigenvalue weighted by molar-refractivity contribution is 8.27. The third kappa shape index (κ3) is 3.03. The number of thioether (sulfide) groups is 1. The van der Waals surface area contributed by atoms with Gasteiger partial charge in [-0.15, -0.1) is 0 Å². The molecule has 7 nitrogen and oxygen atoms in total. The molecule has 1 amide bonds. The number of hydrogen-bond donors (Lipinski definition) is 0. The van der Waals surface area contributed by atoms with E-state index in [0.29, 0.717) is 20.7 Å². The van der Waals surface area contributed by atoms with Crippen molar-refractivity contribution in [3.63, 3.8) is 0 Å². The monoisotopic (exact) mass is 362 g/mol. The molecule has 0 atom stereocenters. The van der Waals surface area contributed by atoms with Crippen LogP contribution in [0.25, 0.3) is 6.08 Å². The van der Waals surface area contributed by atoms with Crippen molar-refractivity contribution in [1.82, 2.24) is 0 Å². The highest BCUT2D eigenvalue weighted by Crippen LogP contribution is 2.36. The van der Waals surface area contributed by atoms with Gasteiger partial charge in [-0.1, -0.05) is 24.0 Å². The molecule has 9 heteroatoms. The SMILES string of the molecule is COc1ccc(N2C(=O)C(=Cc3ccc([N+](=O)[O-])o3)SC2=S)cc1. The number of ether oxygens (including phenoxy) is 1. The standard InChI is InChI=1S/C15H10N2O5S2/c1-21-10-4-2-9(3-5-10)16-14(18)12(24-15(16)23)8-11-6-7-13(22-11)17(19)20/h2-8H,1H3. The number of hydrogen-bond acceptors (Lipinski definition) is 7. The van der Waals surface area contributed by atoms with Crippen molar-refractivity contribution in [2.75, 3.05) is 12.0 Å². The molecule has 24 heavy (non-hydrogen) atoms. The van der Waals surface area contributed by atoms with Crippen molar-refractivity contribution >= 4 is 51.9 Å². The van der Waals surface area contributed by atoms with Crippen LogP contribution >= 0.6 is 24.0 Å². The molecule has 0 radical (unpaired) electrons. The first-order valence-corrected chi connectivity index (χ1v) is 7.88. The molecule has 3 rings (SSSR count). The Balaban J connectivity index is 1.87. The van der Waals surface area contributed by atoms with E-state index >= 15 is 0 Å². The van der Waals surface area contributed by atoms with Crippen LogP contribution in [0.15, 0.2) is 45.7 Å². The molecule has 0 aliphatic carbocycles. The van der Waals surface area contributed by atoms with Gasteiger partial charge in [0, 0.05) is 6.08 Å². The lowest BCUT2D eigenvalue weighted by molar-refractivity contribution is -0.402. The maximum atomic E-state index is 12.6. The summed E-state index contributed by atoms with van der Waals surface area (Å²) in [4.78, 5) is 24.3. The molecule has 2 aromatic rings. The molecule has 1 aromatic carbocycles. The van der Waals surface area contributed by atoms with Gasteiger partial charge in [0.25, 0.3) is 5.91 Å². The third-order valence-corrected chi connectivity index (χ3v) is 4.49. The molecule has 1 saturated heterocycles. The van der Waals surface area contributed by atoms with E-state index in [-0.39, 0.29) is 17.6 Å². The van der Waals surface area contributed by atoms with E-state index in [1.165, 1.54) is 23.1 Å². The Hall–Kier alpha value is -2.65. The Morgan fingerprint density at radius 2 is 2.00 bits per heavy atom. The lowest BCUT2D eigenvalue weighted by Gasteiger charge is -2.14. The Morgan fingerprint density at radius 3 is 2.58 bits per heavy atom. The number of rotatable bonds is 4. The zero-order chi connectivity index (χ0) is 17.3. The molecule has 1 fully saturated rings. The van der Waals surface area contributed by atoms with E-state index in [1.807, 2.05) is 0 Å². The average Bonchev–Trinajstić information content (AvgIpc) is 3.13. The van der Waals surface area contributed by atoms with E-state index in [0.717, 1.165) is 11.8 Å². The number of nitrogens with zero attached hydrogens (tertiary/aromatic N) is 2. The Morgan fingerprint density at radius 1 is 1.29 bits per heavy atom. The van der Waals surface area contributed by atoms with E-state index in [4.69, 9.17) is 21.4 Å². The quantitative estimate of drug-likeness (QED) is 0.355. The second-order valence-corrected chi connectivity index (χ2v) is 6.32. The van der Waals surface area contributed by atoms with Crippen LogP contribution in [0.1, 0.15) is 5.76 Å². The van der Waals surface area contributed by atoms with E-state index in [2.05, 4.69) is 0 Å². The normalized spacial score (nSPS) is 16.0.